The van der Waals surface area contributed by atoms with Crippen molar-refractivity contribution in [1.82, 2.24) is 0 Å². The van der Waals surface area contributed by atoms with Crippen molar-refractivity contribution in [3.63, 3.8) is 0 Å². The van der Waals surface area contributed by atoms with E-state index in [0.717, 1.165) is 21.5 Å². The summed E-state index contributed by atoms with van der Waals surface area (Å²) in [7, 11) is 0. The Kier molecular flexibility index (Phi) is 3.33. The van der Waals surface area contributed by atoms with Crippen LogP contribution in [0.25, 0.3) is 98.4 Å². The number of hydrogen-bond donors (Lipinski definition) is 0. The molecule has 0 aliphatic heterocycles. The summed E-state index contributed by atoms with van der Waals surface area (Å²) in [6.07, 6.45) is 0. The number of benzene rings is 9. The van der Waals surface area contributed by atoms with Gasteiger partial charge in [-0.15, -0.1) is 0 Å². The van der Waals surface area contributed by atoms with E-state index in [1.54, 1.807) is 24.3 Å². The van der Waals surface area contributed by atoms with Gasteiger partial charge in [-0.05, 0) is 101 Å². The van der Waals surface area contributed by atoms with Gasteiger partial charge < -0.3 is 4.42 Å². The molecule has 0 fully saturated rings. The summed E-state index contributed by atoms with van der Waals surface area (Å²) >= 11 is 0. The van der Waals surface area contributed by atoms with Gasteiger partial charge in [-0.25, -0.2) is 0 Å². The van der Waals surface area contributed by atoms with Gasteiger partial charge in [0.15, 0.2) is 0 Å². The monoisotopic (exact) mass is 611 g/mol. The van der Waals surface area contributed by atoms with E-state index in [9.17, 15) is 8.22 Å². The maximum Gasteiger partial charge on any atom is 0.136 e. The van der Waals surface area contributed by atoms with Gasteiger partial charge >= 0.3 is 0 Å². The van der Waals surface area contributed by atoms with Crippen LogP contribution in [0.1, 0.15) is 20.6 Å². The lowest BCUT2D eigenvalue weighted by Gasteiger charge is -2.20. The van der Waals surface area contributed by atoms with Crippen molar-refractivity contribution >= 4 is 65.0 Å². The third-order valence-electron chi connectivity index (χ3n) is 8.74. The molecule has 1 aromatic heterocycles. The molecule has 1 heteroatoms. The van der Waals surface area contributed by atoms with E-state index in [4.69, 9.17) is 16.8 Å². The minimum Gasteiger partial charge on any atom is -0.456 e. The highest BCUT2D eigenvalue weighted by molar-refractivity contribution is 6.23. The zero-order chi connectivity index (χ0) is 44.0. The van der Waals surface area contributed by atoms with Crippen molar-refractivity contribution in [3.8, 4) is 33.4 Å². The minimum atomic E-state index is -0.741. The van der Waals surface area contributed by atoms with Crippen molar-refractivity contribution in [2.45, 2.75) is 0 Å². The van der Waals surface area contributed by atoms with Crippen LogP contribution < -0.4 is 0 Å². The van der Waals surface area contributed by atoms with E-state index in [-0.39, 0.29) is 32.7 Å². The molecule has 1 heterocycles. The van der Waals surface area contributed by atoms with Crippen LogP contribution in [0.2, 0.25) is 0 Å². The average Bonchev–Trinajstić information content (AvgIpc) is 3.66. The van der Waals surface area contributed by atoms with Crippen LogP contribution in [0.4, 0.5) is 0 Å². The Bertz CT molecular complexity index is 3620. The van der Waals surface area contributed by atoms with Crippen LogP contribution in [0.15, 0.2) is 174 Å². The fraction of sp³-hybridized carbons (Fsp3) is 0. The third kappa shape index (κ3) is 3.97. The molecular formula is C46H28O. The second-order valence-electron chi connectivity index (χ2n) is 11.3. The zero-order valence-electron chi connectivity index (χ0n) is 39.4. The summed E-state index contributed by atoms with van der Waals surface area (Å²) in [5.41, 5.74) is 1.85. The molecular weight excluding hydrogens is 569 g/mol. The molecule has 0 unspecified atom stereocenters. The first kappa shape index (κ1) is 15.4. The lowest BCUT2D eigenvalue weighted by Crippen LogP contribution is -1.92. The fourth-order valence-electron chi connectivity index (χ4n) is 6.72. The number of hydrogen-bond acceptors (Lipinski definition) is 1. The molecule has 47 heavy (non-hydrogen) atoms. The summed E-state index contributed by atoms with van der Waals surface area (Å²) in [6, 6.07) is 14.4. The maximum absolute atomic E-state index is 9.48. The van der Waals surface area contributed by atoms with Crippen molar-refractivity contribution in [1.29, 1.82) is 0 Å². The van der Waals surface area contributed by atoms with Crippen LogP contribution in [-0.2, 0) is 0 Å². The van der Waals surface area contributed by atoms with Crippen molar-refractivity contribution in [3.05, 3.63) is 169 Å². The number of fused-ring (bicyclic) bond motifs is 8. The highest BCUT2D eigenvalue weighted by Gasteiger charge is 2.20. The molecule has 0 amide bonds. The highest BCUT2D eigenvalue weighted by Crippen LogP contribution is 2.47. The Morgan fingerprint density at radius 3 is 1.85 bits per heavy atom. The topological polar surface area (TPSA) is 13.1 Å². The maximum atomic E-state index is 9.48. The molecule has 0 N–H and O–H groups in total. The molecule has 9 aromatic carbocycles. The number of furan rings is 1. The molecule has 0 saturated carbocycles. The normalized spacial score (nSPS) is 16.3. The molecule has 218 valence electrons. The summed E-state index contributed by atoms with van der Waals surface area (Å²) in [4.78, 5) is 0. The van der Waals surface area contributed by atoms with E-state index in [1.807, 2.05) is 54.6 Å². The van der Waals surface area contributed by atoms with Gasteiger partial charge in [-0.3, -0.25) is 0 Å². The predicted molar refractivity (Wildman–Crippen MR) is 200 cm³/mol. The minimum absolute atomic E-state index is 0.0240. The summed E-state index contributed by atoms with van der Waals surface area (Å²) in [5, 5.41) is 2.00. The smallest absolute Gasteiger partial charge is 0.136 e. The second-order valence-corrected chi connectivity index (χ2v) is 11.3. The van der Waals surface area contributed by atoms with E-state index in [0.29, 0.717) is 27.9 Å². The van der Waals surface area contributed by atoms with Crippen LogP contribution in [0, 0.1) is 0 Å². The van der Waals surface area contributed by atoms with Crippen molar-refractivity contribution < 1.29 is 25.0 Å². The Balaban J connectivity index is 1.40. The molecule has 0 saturated heterocycles. The van der Waals surface area contributed by atoms with E-state index < -0.39 is 107 Å². The lowest BCUT2D eigenvalue weighted by atomic mass is 9.83. The first-order chi connectivity index (χ1) is 29.6. The van der Waals surface area contributed by atoms with Crippen molar-refractivity contribution in [2.24, 2.45) is 0 Å². The highest BCUT2D eigenvalue weighted by atomic mass is 16.3. The standard InChI is InChI=1S/C46H28O/c1-2-13-31-27-33(22-21-29(31)11-1)44-37-17-7-9-19-39(37)45(40-20-10-8-18-38(40)44)36-16-6-5-14-34(36)32-23-25-41-43(28-32)47-42-26-24-30-12-3-4-15-35(30)46(41)42/h1-28H/i1D,2D,7D,8D,9D,10D,11D,13D,17D,18D,19D,20D,21D,22D,27D. The Hall–Kier alpha value is -6.18. The fourth-order valence-corrected chi connectivity index (χ4v) is 6.72. The summed E-state index contributed by atoms with van der Waals surface area (Å²) < 4.78 is 141. The molecule has 0 aliphatic carbocycles. The van der Waals surface area contributed by atoms with Crippen LogP contribution in [0.3, 0.4) is 0 Å². The zero-order valence-corrected chi connectivity index (χ0v) is 24.4. The lowest BCUT2D eigenvalue weighted by molar-refractivity contribution is 0.669. The predicted octanol–water partition coefficient (Wildman–Crippen LogP) is 13.2. The summed E-state index contributed by atoms with van der Waals surface area (Å²) in [5.74, 6) is 0. The van der Waals surface area contributed by atoms with Crippen LogP contribution in [0.5, 0.6) is 0 Å². The molecule has 10 rings (SSSR count). The third-order valence-corrected chi connectivity index (χ3v) is 8.74. The number of rotatable bonds is 3. The van der Waals surface area contributed by atoms with E-state index >= 15 is 0 Å². The van der Waals surface area contributed by atoms with Gasteiger partial charge in [0.2, 0.25) is 0 Å². The Morgan fingerprint density at radius 1 is 0.404 bits per heavy atom. The first-order valence-electron chi connectivity index (χ1n) is 22.5. The van der Waals surface area contributed by atoms with Gasteiger partial charge in [-0.1, -0.05) is 145 Å². The van der Waals surface area contributed by atoms with E-state index in [2.05, 4.69) is 0 Å². The Labute approximate surface area is 293 Å². The van der Waals surface area contributed by atoms with E-state index in [1.165, 1.54) is 0 Å². The first-order valence-corrected chi connectivity index (χ1v) is 15.0. The van der Waals surface area contributed by atoms with Crippen LogP contribution >= 0.6 is 0 Å². The summed E-state index contributed by atoms with van der Waals surface area (Å²) in [6.45, 7) is 0. The largest absolute Gasteiger partial charge is 0.456 e. The molecule has 0 atom stereocenters. The van der Waals surface area contributed by atoms with Crippen LogP contribution in [-0.4, -0.2) is 0 Å². The molecule has 10 aromatic rings. The molecule has 1 nitrogen and oxygen atoms in total. The molecule has 0 aliphatic rings. The van der Waals surface area contributed by atoms with Gasteiger partial charge in [0.25, 0.3) is 0 Å². The molecule has 0 spiro atoms. The average molecular weight is 612 g/mol. The second kappa shape index (κ2) is 10.2. The SMILES string of the molecule is [2H]c1c([2H])c([2H])c2c([2H])c(-c3c4c([2H])c([2H])c([2H])c([2H])c4c(-c4ccccc4-c4ccc5c(c4)oc4ccc6ccccc6c45)c4c([2H])c([2H])c([2H])c([2H])c34)c([2H])c([2H])c2c1[2H]. The van der Waals surface area contributed by atoms with Gasteiger partial charge in [0, 0.05) is 10.8 Å². The van der Waals surface area contributed by atoms with Gasteiger partial charge in [-0.2, -0.15) is 0 Å². The van der Waals surface area contributed by atoms with Gasteiger partial charge in [0.05, 0.1) is 20.6 Å². The molecule has 0 radical (unpaired) electrons. The quantitative estimate of drug-likeness (QED) is 0.181. The van der Waals surface area contributed by atoms with Gasteiger partial charge in [0.1, 0.15) is 11.2 Å². The molecule has 0 bridgehead atoms. The Morgan fingerprint density at radius 2 is 1.06 bits per heavy atom. The van der Waals surface area contributed by atoms with Crippen molar-refractivity contribution in [2.75, 3.05) is 0 Å².